The highest BCUT2D eigenvalue weighted by Crippen LogP contribution is 2.35. The number of alkyl halides is 3. The van der Waals surface area contributed by atoms with E-state index >= 15 is 0 Å². The highest BCUT2D eigenvalue weighted by atomic mass is 32.2. The maximum atomic E-state index is 13.3. The van der Waals surface area contributed by atoms with Gasteiger partial charge in [0.1, 0.15) is 4.90 Å². The first-order valence-electron chi connectivity index (χ1n) is 11.5. The number of rotatable bonds is 10. The molecule has 13 heteroatoms. The first kappa shape index (κ1) is 28.0. The van der Waals surface area contributed by atoms with Crippen molar-refractivity contribution < 1.29 is 49.5 Å². The number of methoxy groups -OCH3 is 2. The van der Waals surface area contributed by atoms with Gasteiger partial charge in [0.25, 0.3) is 5.91 Å². The van der Waals surface area contributed by atoms with Crippen LogP contribution in [0.3, 0.4) is 0 Å². The molecule has 1 heterocycles. The summed E-state index contributed by atoms with van der Waals surface area (Å²) in [4.78, 5) is 14.1. The number of fused-ring (bicyclic) bond motifs is 1. The van der Waals surface area contributed by atoms with E-state index in [1.807, 2.05) is 0 Å². The molecule has 0 aromatic heterocycles. The van der Waals surface area contributed by atoms with Crippen LogP contribution in [0.15, 0.2) is 65.6 Å². The fourth-order valence-electron chi connectivity index (χ4n) is 3.77. The van der Waals surface area contributed by atoms with Crippen molar-refractivity contribution >= 4 is 16.0 Å². The second kappa shape index (κ2) is 11.4. The predicted molar refractivity (Wildman–Crippen MR) is 131 cm³/mol. The summed E-state index contributed by atoms with van der Waals surface area (Å²) in [6.45, 7) is 0.507. The zero-order chi connectivity index (χ0) is 28.2. The fraction of sp³-hybridized carbons (Fsp3) is 0.269. The molecular formula is C26H24F3NO8S. The summed E-state index contributed by atoms with van der Waals surface area (Å²) in [5.41, 5.74) is -0.327. The predicted octanol–water partition coefficient (Wildman–Crippen LogP) is 4.50. The third-order valence-electron chi connectivity index (χ3n) is 5.72. The molecule has 39 heavy (non-hydrogen) atoms. The summed E-state index contributed by atoms with van der Waals surface area (Å²) in [5, 5.41) is 0. The molecular weight excluding hydrogens is 543 g/mol. The second-order valence-corrected chi connectivity index (χ2v) is 9.88. The quantitative estimate of drug-likeness (QED) is 0.330. The summed E-state index contributed by atoms with van der Waals surface area (Å²) >= 11 is 0. The lowest BCUT2D eigenvalue weighted by Crippen LogP contribution is -2.33. The van der Waals surface area contributed by atoms with Crippen molar-refractivity contribution in [3.8, 4) is 23.0 Å². The number of carbonyl (C=O) groups excluding carboxylic acids is 1. The standard InChI is InChI=1S/C26H24F3NO8S/c1-34-11-10-30(25(31)18-7-9-22-23(13-18)37-16-36-22)15-17-6-8-21(35-2)24(12-17)38-39(32,33)20-5-3-4-19(14-20)26(27,28)29/h3-9,12-14H,10-11,15-16H2,1-2H3. The van der Waals surface area contributed by atoms with E-state index in [-0.39, 0.29) is 43.9 Å². The van der Waals surface area contributed by atoms with Crippen molar-refractivity contribution in [3.05, 3.63) is 77.4 Å². The van der Waals surface area contributed by atoms with Crippen LogP contribution < -0.4 is 18.4 Å². The summed E-state index contributed by atoms with van der Waals surface area (Å²) in [6, 6.07) is 12.4. The SMILES string of the molecule is COCCN(Cc1ccc(OC)c(OS(=O)(=O)c2cccc(C(F)(F)F)c2)c1)C(=O)c1ccc2c(c1)OCO2. The Hall–Kier alpha value is -3.97. The van der Waals surface area contributed by atoms with Gasteiger partial charge in [-0.1, -0.05) is 12.1 Å². The number of hydrogen-bond donors (Lipinski definition) is 0. The molecule has 3 aromatic carbocycles. The number of benzene rings is 3. The fourth-order valence-corrected chi connectivity index (χ4v) is 4.74. The van der Waals surface area contributed by atoms with E-state index in [1.54, 1.807) is 24.3 Å². The molecule has 0 unspecified atom stereocenters. The topological polar surface area (TPSA) is 101 Å². The van der Waals surface area contributed by atoms with Gasteiger partial charge in [-0.25, -0.2) is 0 Å². The van der Waals surface area contributed by atoms with Gasteiger partial charge >= 0.3 is 16.3 Å². The first-order valence-corrected chi connectivity index (χ1v) is 12.9. The Bertz CT molecular complexity index is 1460. The minimum absolute atomic E-state index is 0.0276. The van der Waals surface area contributed by atoms with E-state index < -0.39 is 26.8 Å². The molecule has 9 nitrogen and oxygen atoms in total. The average molecular weight is 568 g/mol. The maximum absolute atomic E-state index is 13.3. The number of amides is 1. The molecule has 1 aliphatic heterocycles. The van der Waals surface area contributed by atoms with Gasteiger partial charge in [-0.15, -0.1) is 0 Å². The highest BCUT2D eigenvalue weighted by molar-refractivity contribution is 7.87. The average Bonchev–Trinajstić information content (AvgIpc) is 3.38. The van der Waals surface area contributed by atoms with Gasteiger partial charge in [-0.3, -0.25) is 4.79 Å². The molecule has 0 spiro atoms. The molecule has 208 valence electrons. The van der Waals surface area contributed by atoms with E-state index in [0.29, 0.717) is 28.7 Å². The van der Waals surface area contributed by atoms with E-state index in [1.165, 1.54) is 31.3 Å². The smallest absolute Gasteiger partial charge is 0.416 e. The normalized spacial score (nSPS) is 12.7. The van der Waals surface area contributed by atoms with Crippen LogP contribution in [-0.2, 0) is 27.6 Å². The van der Waals surface area contributed by atoms with E-state index in [2.05, 4.69) is 0 Å². The molecule has 0 saturated heterocycles. The molecule has 0 radical (unpaired) electrons. The maximum Gasteiger partial charge on any atom is 0.416 e. The third-order valence-corrected chi connectivity index (χ3v) is 6.95. The lowest BCUT2D eigenvalue weighted by Gasteiger charge is -2.23. The Morgan fingerprint density at radius 1 is 0.974 bits per heavy atom. The molecule has 4 rings (SSSR count). The second-order valence-electron chi connectivity index (χ2n) is 8.34. The zero-order valence-electron chi connectivity index (χ0n) is 20.9. The van der Waals surface area contributed by atoms with Gasteiger partial charge in [-0.2, -0.15) is 21.6 Å². The number of ether oxygens (including phenoxy) is 4. The number of carbonyl (C=O) groups is 1. The van der Waals surface area contributed by atoms with Crippen LogP contribution in [0.5, 0.6) is 23.0 Å². The highest BCUT2D eigenvalue weighted by Gasteiger charge is 2.32. The van der Waals surface area contributed by atoms with Crippen molar-refractivity contribution in [2.45, 2.75) is 17.6 Å². The first-order chi connectivity index (χ1) is 18.5. The Morgan fingerprint density at radius 2 is 1.74 bits per heavy atom. The van der Waals surface area contributed by atoms with Crippen LogP contribution in [0.4, 0.5) is 13.2 Å². The Morgan fingerprint density at radius 3 is 2.46 bits per heavy atom. The Kier molecular flexibility index (Phi) is 8.21. The van der Waals surface area contributed by atoms with E-state index in [0.717, 1.165) is 18.2 Å². The van der Waals surface area contributed by atoms with Crippen molar-refractivity contribution in [2.75, 3.05) is 34.2 Å². The molecule has 0 bridgehead atoms. The van der Waals surface area contributed by atoms with Crippen molar-refractivity contribution in [3.63, 3.8) is 0 Å². The third kappa shape index (κ3) is 6.55. The summed E-state index contributed by atoms with van der Waals surface area (Å²) in [7, 11) is -1.89. The van der Waals surface area contributed by atoms with Gasteiger partial charge in [0.2, 0.25) is 6.79 Å². The van der Waals surface area contributed by atoms with Crippen LogP contribution in [-0.4, -0.2) is 53.4 Å². The van der Waals surface area contributed by atoms with Crippen molar-refractivity contribution in [2.24, 2.45) is 0 Å². The molecule has 1 aliphatic rings. The van der Waals surface area contributed by atoms with Crippen LogP contribution in [0.1, 0.15) is 21.5 Å². The lowest BCUT2D eigenvalue weighted by molar-refractivity contribution is -0.137. The monoisotopic (exact) mass is 567 g/mol. The number of halogens is 3. The van der Waals surface area contributed by atoms with Gasteiger partial charge in [0.05, 0.1) is 19.3 Å². The lowest BCUT2D eigenvalue weighted by atomic mass is 10.1. The molecule has 0 saturated carbocycles. The van der Waals surface area contributed by atoms with Gasteiger partial charge in [0.15, 0.2) is 23.0 Å². The van der Waals surface area contributed by atoms with Gasteiger partial charge in [0, 0.05) is 25.8 Å². The van der Waals surface area contributed by atoms with Crippen LogP contribution in [0.25, 0.3) is 0 Å². The minimum Gasteiger partial charge on any atom is -0.493 e. The molecule has 0 atom stereocenters. The van der Waals surface area contributed by atoms with Crippen LogP contribution in [0, 0.1) is 0 Å². The number of nitrogens with zero attached hydrogens (tertiary/aromatic N) is 1. The summed E-state index contributed by atoms with van der Waals surface area (Å²) in [6.07, 6.45) is -4.74. The van der Waals surface area contributed by atoms with E-state index in [9.17, 15) is 26.4 Å². The zero-order valence-corrected chi connectivity index (χ0v) is 21.7. The van der Waals surface area contributed by atoms with Gasteiger partial charge < -0.3 is 28.0 Å². The minimum atomic E-state index is -4.74. The van der Waals surface area contributed by atoms with E-state index in [4.69, 9.17) is 23.1 Å². The number of hydrogen-bond acceptors (Lipinski definition) is 8. The van der Waals surface area contributed by atoms with Gasteiger partial charge in [-0.05, 0) is 54.1 Å². The Balaban J connectivity index is 1.60. The molecule has 3 aromatic rings. The Labute approximate surface area is 222 Å². The van der Waals surface area contributed by atoms with Crippen LogP contribution in [0.2, 0.25) is 0 Å². The van der Waals surface area contributed by atoms with Crippen LogP contribution >= 0.6 is 0 Å². The van der Waals surface area contributed by atoms with Crippen molar-refractivity contribution in [1.29, 1.82) is 0 Å². The largest absolute Gasteiger partial charge is 0.493 e. The molecule has 0 fully saturated rings. The molecule has 1 amide bonds. The van der Waals surface area contributed by atoms with Crippen molar-refractivity contribution in [1.82, 2.24) is 4.90 Å². The molecule has 0 N–H and O–H groups in total. The summed E-state index contributed by atoms with van der Waals surface area (Å²) in [5.74, 6) is 0.385. The summed E-state index contributed by atoms with van der Waals surface area (Å²) < 4.78 is 91.2. The molecule has 0 aliphatic carbocycles.